The molecule has 1 saturated carbocycles. The quantitative estimate of drug-likeness (QED) is 0.846. The molecule has 0 saturated heterocycles. The standard InChI is InChI=1S/C13H19N3O/c1-3-16(9-10-7-8-10)13(17)11-5-4-6-12(14-2)15-11/h4-6,10H,3,7-9H2,1-2H3,(H,14,15). The molecule has 1 heterocycles. The molecule has 92 valence electrons. The number of nitrogens with one attached hydrogen (secondary N) is 1. The maximum atomic E-state index is 12.2. The van der Waals surface area contributed by atoms with Crippen LogP contribution in [0.15, 0.2) is 18.2 Å². The highest BCUT2D eigenvalue weighted by Crippen LogP contribution is 2.30. The average molecular weight is 233 g/mol. The van der Waals surface area contributed by atoms with Crippen molar-refractivity contribution in [3.8, 4) is 0 Å². The van der Waals surface area contributed by atoms with E-state index in [2.05, 4.69) is 10.3 Å². The summed E-state index contributed by atoms with van der Waals surface area (Å²) in [6.07, 6.45) is 2.52. The molecule has 1 aromatic heterocycles. The molecular formula is C13H19N3O. The number of hydrogen-bond donors (Lipinski definition) is 1. The summed E-state index contributed by atoms with van der Waals surface area (Å²) >= 11 is 0. The van der Waals surface area contributed by atoms with Gasteiger partial charge in [0.15, 0.2) is 0 Å². The number of carbonyl (C=O) groups is 1. The largest absolute Gasteiger partial charge is 0.373 e. The predicted octanol–water partition coefficient (Wildman–Crippen LogP) is 2.00. The molecule has 0 aliphatic heterocycles. The monoisotopic (exact) mass is 233 g/mol. The highest BCUT2D eigenvalue weighted by molar-refractivity contribution is 5.92. The Balaban J connectivity index is 2.09. The van der Waals surface area contributed by atoms with Crippen molar-refractivity contribution in [1.29, 1.82) is 0 Å². The minimum Gasteiger partial charge on any atom is -0.373 e. The zero-order valence-corrected chi connectivity index (χ0v) is 10.4. The van der Waals surface area contributed by atoms with Gasteiger partial charge in [-0.3, -0.25) is 4.79 Å². The molecule has 1 aliphatic rings. The lowest BCUT2D eigenvalue weighted by Gasteiger charge is -2.20. The third-order valence-corrected chi connectivity index (χ3v) is 3.07. The normalized spacial score (nSPS) is 14.5. The molecule has 4 nitrogen and oxygen atoms in total. The van der Waals surface area contributed by atoms with Gasteiger partial charge in [-0.05, 0) is 37.8 Å². The highest BCUT2D eigenvalue weighted by atomic mass is 16.2. The van der Waals surface area contributed by atoms with Crippen LogP contribution in [0.1, 0.15) is 30.3 Å². The van der Waals surface area contributed by atoms with E-state index in [1.165, 1.54) is 12.8 Å². The number of rotatable bonds is 5. The van der Waals surface area contributed by atoms with E-state index in [-0.39, 0.29) is 5.91 Å². The van der Waals surface area contributed by atoms with Crippen LogP contribution in [0.4, 0.5) is 5.82 Å². The highest BCUT2D eigenvalue weighted by Gasteiger charge is 2.26. The summed E-state index contributed by atoms with van der Waals surface area (Å²) in [6, 6.07) is 5.49. The number of pyridine rings is 1. The summed E-state index contributed by atoms with van der Waals surface area (Å²) < 4.78 is 0. The van der Waals surface area contributed by atoms with E-state index in [0.29, 0.717) is 11.6 Å². The van der Waals surface area contributed by atoms with Gasteiger partial charge in [0, 0.05) is 20.1 Å². The molecule has 17 heavy (non-hydrogen) atoms. The van der Waals surface area contributed by atoms with Crippen LogP contribution in [0.25, 0.3) is 0 Å². The van der Waals surface area contributed by atoms with Crippen molar-refractivity contribution in [2.75, 3.05) is 25.5 Å². The molecule has 1 aromatic rings. The van der Waals surface area contributed by atoms with Crippen molar-refractivity contribution in [1.82, 2.24) is 9.88 Å². The third kappa shape index (κ3) is 2.96. The van der Waals surface area contributed by atoms with Crippen LogP contribution in [0.5, 0.6) is 0 Å². The van der Waals surface area contributed by atoms with Crippen LogP contribution in [0.3, 0.4) is 0 Å². The first-order valence-electron chi connectivity index (χ1n) is 6.18. The second-order valence-corrected chi connectivity index (χ2v) is 4.45. The third-order valence-electron chi connectivity index (χ3n) is 3.07. The Bertz CT molecular complexity index is 401. The molecule has 0 aromatic carbocycles. The predicted molar refractivity (Wildman–Crippen MR) is 68.1 cm³/mol. The first-order chi connectivity index (χ1) is 8.24. The molecule has 1 N–H and O–H groups in total. The molecule has 1 fully saturated rings. The zero-order valence-electron chi connectivity index (χ0n) is 10.4. The maximum absolute atomic E-state index is 12.2. The Morgan fingerprint density at radius 3 is 2.88 bits per heavy atom. The SMILES string of the molecule is CCN(CC1CC1)C(=O)c1cccc(NC)n1. The molecule has 2 rings (SSSR count). The van der Waals surface area contributed by atoms with E-state index in [4.69, 9.17) is 0 Å². The maximum Gasteiger partial charge on any atom is 0.272 e. The molecule has 0 bridgehead atoms. The molecule has 1 aliphatic carbocycles. The lowest BCUT2D eigenvalue weighted by molar-refractivity contribution is 0.0751. The number of aromatic nitrogens is 1. The van der Waals surface area contributed by atoms with Crippen molar-refractivity contribution >= 4 is 11.7 Å². The van der Waals surface area contributed by atoms with Gasteiger partial charge in [0.05, 0.1) is 0 Å². The summed E-state index contributed by atoms with van der Waals surface area (Å²) in [7, 11) is 1.80. The van der Waals surface area contributed by atoms with Crippen molar-refractivity contribution in [3.63, 3.8) is 0 Å². The van der Waals surface area contributed by atoms with Crippen molar-refractivity contribution in [2.45, 2.75) is 19.8 Å². The summed E-state index contributed by atoms with van der Waals surface area (Å²) in [5, 5.41) is 2.95. The van der Waals surface area contributed by atoms with E-state index in [9.17, 15) is 4.79 Å². The summed E-state index contributed by atoms with van der Waals surface area (Å²) in [5.74, 6) is 1.49. The number of nitrogens with zero attached hydrogens (tertiary/aromatic N) is 2. The molecule has 0 unspecified atom stereocenters. The van der Waals surface area contributed by atoms with Crippen LogP contribution >= 0.6 is 0 Å². The lowest BCUT2D eigenvalue weighted by atomic mass is 10.2. The van der Waals surface area contributed by atoms with Gasteiger partial charge in [-0.2, -0.15) is 0 Å². The van der Waals surface area contributed by atoms with Gasteiger partial charge in [-0.1, -0.05) is 6.07 Å². The van der Waals surface area contributed by atoms with Crippen LogP contribution < -0.4 is 5.32 Å². The van der Waals surface area contributed by atoms with Crippen molar-refractivity contribution in [3.05, 3.63) is 23.9 Å². The second-order valence-electron chi connectivity index (χ2n) is 4.45. The van der Waals surface area contributed by atoms with E-state index < -0.39 is 0 Å². The number of anilines is 1. The summed E-state index contributed by atoms with van der Waals surface area (Å²) in [4.78, 5) is 18.4. The topological polar surface area (TPSA) is 45.2 Å². The van der Waals surface area contributed by atoms with Gasteiger partial charge in [0.25, 0.3) is 5.91 Å². The molecule has 4 heteroatoms. The Kier molecular flexibility index (Phi) is 3.61. The van der Waals surface area contributed by atoms with Gasteiger partial charge in [0.1, 0.15) is 11.5 Å². The Hall–Kier alpha value is -1.58. The number of amides is 1. The molecule has 0 radical (unpaired) electrons. The molecule has 0 spiro atoms. The molecular weight excluding hydrogens is 214 g/mol. The molecule has 1 amide bonds. The van der Waals surface area contributed by atoms with Crippen molar-refractivity contribution in [2.24, 2.45) is 5.92 Å². The smallest absolute Gasteiger partial charge is 0.272 e. The van der Waals surface area contributed by atoms with Gasteiger partial charge < -0.3 is 10.2 Å². The van der Waals surface area contributed by atoms with Gasteiger partial charge >= 0.3 is 0 Å². The van der Waals surface area contributed by atoms with Gasteiger partial charge in [0.2, 0.25) is 0 Å². The Labute approximate surface area is 102 Å². The van der Waals surface area contributed by atoms with Crippen LogP contribution in [0.2, 0.25) is 0 Å². The van der Waals surface area contributed by atoms with Crippen LogP contribution in [-0.2, 0) is 0 Å². The van der Waals surface area contributed by atoms with Crippen LogP contribution in [-0.4, -0.2) is 35.9 Å². The summed E-state index contributed by atoms with van der Waals surface area (Å²) in [5.41, 5.74) is 0.527. The average Bonchev–Trinajstić information content (AvgIpc) is 3.19. The second kappa shape index (κ2) is 5.17. The lowest BCUT2D eigenvalue weighted by Crippen LogP contribution is -2.33. The van der Waals surface area contributed by atoms with E-state index >= 15 is 0 Å². The summed E-state index contributed by atoms with van der Waals surface area (Å²) in [6.45, 7) is 3.64. The van der Waals surface area contributed by atoms with Crippen LogP contribution in [0, 0.1) is 5.92 Å². The first kappa shape index (κ1) is 11.9. The fourth-order valence-electron chi connectivity index (χ4n) is 1.82. The zero-order chi connectivity index (χ0) is 12.3. The Morgan fingerprint density at radius 1 is 1.53 bits per heavy atom. The number of carbonyl (C=O) groups excluding carboxylic acids is 1. The van der Waals surface area contributed by atoms with Gasteiger partial charge in [-0.25, -0.2) is 4.98 Å². The van der Waals surface area contributed by atoms with E-state index in [1.54, 1.807) is 13.1 Å². The first-order valence-corrected chi connectivity index (χ1v) is 6.18. The van der Waals surface area contributed by atoms with E-state index in [1.807, 2.05) is 24.0 Å². The minimum atomic E-state index is 0.0384. The minimum absolute atomic E-state index is 0.0384. The van der Waals surface area contributed by atoms with Crippen molar-refractivity contribution < 1.29 is 4.79 Å². The molecule has 0 atom stereocenters. The number of hydrogen-bond acceptors (Lipinski definition) is 3. The van der Waals surface area contributed by atoms with Gasteiger partial charge in [-0.15, -0.1) is 0 Å². The van der Waals surface area contributed by atoms with E-state index in [0.717, 1.165) is 18.9 Å². The Morgan fingerprint density at radius 2 is 2.29 bits per heavy atom. The fraction of sp³-hybridized carbons (Fsp3) is 0.538. The fourth-order valence-corrected chi connectivity index (χ4v) is 1.82.